The highest BCUT2D eigenvalue weighted by Gasteiger charge is 2.59. The lowest BCUT2D eigenvalue weighted by molar-refractivity contribution is -0.320. The Labute approximate surface area is 195 Å². The van der Waals surface area contributed by atoms with E-state index in [0.29, 0.717) is 29.1 Å². The van der Waals surface area contributed by atoms with Gasteiger partial charge in [0.1, 0.15) is 0 Å². The molecule has 0 aromatic rings. The van der Waals surface area contributed by atoms with E-state index in [1.807, 2.05) is 13.8 Å². The molecule has 0 spiro atoms. The minimum Gasteiger partial charge on any atom is -0.393 e. The molecular weight excluding hydrogens is 400 g/mol. The normalized spacial score (nSPS) is 44.1. The van der Waals surface area contributed by atoms with Gasteiger partial charge in [-0.25, -0.2) is 4.89 Å². The molecule has 9 atom stereocenters. The van der Waals surface area contributed by atoms with Gasteiger partial charge in [-0.05, 0) is 111 Å². The Kier molecular flexibility index (Phi) is 6.73. The zero-order valence-corrected chi connectivity index (χ0v) is 21.0. The quantitative estimate of drug-likeness (QED) is 0.205. The van der Waals surface area contributed by atoms with Crippen molar-refractivity contribution < 1.29 is 20.0 Å². The molecule has 0 aliphatic heterocycles. The van der Waals surface area contributed by atoms with Gasteiger partial charge in [0.25, 0.3) is 0 Å². The maximum atomic E-state index is 11.7. The van der Waals surface area contributed by atoms with E-state index in [-0.39, 0.29) is 12.0 Å². The zero-order valence-electron chi connectivity index (χ0n) is 21.0. The number of rotatable bonds is 7. The summed E-state index contributed by atoms with van der Waals surface area (Å²) in [5.41, 5.74) is 1.15. The monoisotopic (exact) mass is 446 g/mol. The molecule has 2 N–H and O–H groups in total. The fraction of sp³-hybridized carbons (Fsp3) is 0.893. The Hall–Kier alpha value is -0.710. The van der Waals surface area contributed by atoms with Crippen molar-refractivity contribution in [1.29, 1.82) is 0 Å². The van der Waals surface area contributed by atoms with E-state index in [0.717, 1.165) is 49.7 Å². The van der Waals surface area contributed by atoms with Gasteiger partial charge < -0.3 is 5.11 Å². The Bertz CT molecular complexity index is 731. The van der Waals surface area contributed by atoms with Crippen LogP contribution in [0.15, 0.2) is 11.6 Å². The summed E-state index contributed by atoms with van der Waals surface area (Å²) in [5, 5.41) is 19.7. The van der Waals surface area contributed by atoms with Crippen LogP contribution in [0.4, 0.5) is 0 Å². The number of allylic oxidation sites excluding steroid dienone is 1. The number of carbonyl (C=O) groups is 1. The van der Waals surface area contributed by atoms with Gasteiger partial charge in [0.2, 0.25) is 0 Å². The smallest absolute Gasteiger partial charge is 0.160 e. The lowest BCUT2D eigenvalue weighted by Gasteiger charge is -2.58. The number of hydrogen-bond acceptors (Lipinski definition) is 4. The molecule has 32 heavy (non-hydrogen) atoms. The van der Waals surface area contributed by atoms with E-state index in [1.165, 1.54) is 32.1 Å². The maximum Gasteiger partial charge on any atom is 0.160 e. The lowest BCUT2D eigenvalue weighted by atomic mass is 9.47. The average molecular weight is 447 g/mol. The molecule has 0 saturated heterocycles. The maximum absolute atomic E-state index is 11.7. The number of aliphatic hydroxyl groups is 1. The highest BCUT2D eigenvalue weighted by molar-refractivity contribution is 5.62. The molecule has 0 heterocycles. The highest BCUT2D eigenvalue weighted by Crippen LogP contribution is 2.67. The van der Waals surface area contributed by atoms with E-state index >= 15 is 0 Å². The first kappa shape index (κ1) is 24.4. The molecule has 4 aliphatic carbocycles. The van der Waals surface area contributed by atoms with Crippen molar-refractivity contribution in [3.63, 3.8) is 0 Å². The van der Waals surface area contributed by atoms with Crippen molar-refractivity contribution >= 4 is 6.29 Å². The van der Waals surface area contributed by atoms with Gasteiger partial charge in [-0.15, -0.1) is 0 Å². The standard InChI is InChI=1S/C28H46O4/c1-18(2)28(17-29,32-31)15-10-19(3)23-8-9-24-22-7-6-20-16-21(30)11-13-26(20,4)25(22)12-14-27(23,24)5/h6,17-19,21-25,30-31H,7-16H2,1-5H3/t19-,21-,22+,23+,24+,25+,26+,27-,28+/m0/s1. The van der Waals surface area contributed by atoms with E-state index < -0.39 is 5.60 Å². The highest BCUT2D eigenvalue weighted by atomic mass is 17.1. The van der Waals surface area contributed by atoms with Crippen LogP contribution in [0.3, 0.4) is 0 Å². The van der Waals surface area contributed by atoms with Crippen LogP contribution in [-0.2, 0) is 9.68 Å². The summed E-state index contributed by atoms with van der Waals surface area (Å²) in [6.45, 7) is 11.3. The van der Waals surface area contributed by atoms with Crippen molar-refractivity contribution in [2.45, 2.75) is 111 Å². The third kappa shape index (κ3) is 3.73. The number of aliphatic hydroxyl groups excluding tert-OH is 1. The molecule has 4 nitrogen and oxygen atoms in total. The zero-order chi connectivity index (χ0) is 23.3. The summed E-state index contributed by atoms with van der Waals surface area (Å²) in [6, 6.07) is 0. The Morgan fingerprint density at radius 2 is 1.91 bits per heavy atom. The summed E-state index contributed by atoms with van der Waals surface area (Å²) >= 11 is 0. The van der Waals surface area contributed by atoms with Gasteiger partial charge in [-0.1, -0.05) is 46.3 Å². The summed E-state index contributed by atoms with van der Waals surface area (Å²) in [5.74, 6) is 3.48. The summed E-state index contributed by atoms with van der Waals surface area (Å²) in [4.78, 5) is 16.5. The Balaban J connectivity index is 1.49. The molecule has 0 radical (unpaired) electrons. The van der Waals surface area contributed by atoms with E-state index in [1.54, 1.807) is 5.57 Å². The topological polar surface area (TPSA) is 66.8 Å². The molecule has 3 saturated carbocycles. The average Bonchev–Trinajstić information content (AvgIpc) is 3.12. The minimum atomic E-state index is -1.07. The first-order valence-electron chi connectivity index (χ1n) is 13.3. The van der Waals surface area contributed by atoms with Gasteiger partial charge in [0.15, 0.2) is 11.9 Å². The van der Waals surface area contributed by atoms with Gasteiger partial charge >= 0.3 is 0 Å². The van der Waals surface area contributed by atoms with E-state index in [2.05, 4.69) is 26.8 Å². The van der Waals surface area contributed by atoms with Crippen molar-refractivity contribution in [2.24, 2.45) is 46.3 Å². The molecule has 0 unspecified atom stereocenters. The van der Waals surface area contributed by atoms with Gasteiger partial charge in [-0.2, -0.15) is 0 Å². The van der Waals surface area contributed by atoms with Crippen LogP contribution in [0.1, 0.15) is 98.8 Å². The Morgan fingerprint density at radius 3 is 2.56 bits per heavy atom. The Morgan fingerprint density at radius 1 is 1.16 bits per heavy atom. The molecule has 0 aromatic heterocycles. The molecule has 4 aliphatic rings. The first-order chi connectivity index (χ1) is 15.1. The van der Waals surface area contributed by atoms with Crippen LogP contribution >= 0.6 is 0 Å². The van der Waals surface area contributed by atoms with Crippen molar-refractivity contribution in [3.8, 4) is 0 Å². The fourth-order valence-electron chi connectivity index (χ4n) is 8.93. The van der Waals surface area contributed by atoms with Crippen molar-refractivity contribution in [1.82, 2.24) is 0 Å². The summed E-state index contributed by atoms with van der Waals surface area (Å²) < 4.78 is 0. The minimum absolute atomic E-state index is 0.0440. The van der Waals surface area contributed by atoms with Crippen LogP contribution in [-0.4, -0.2) is 28.4 Å². The molecule has 3 fully saturated rings. The van der Waals surface area contributed by atoms with Crippen molar-refractivity contribution in [2.75, 3.05) is 0 Å². The molecule has 0 aromatic carbocycles. The van der Waals surface area contributed by atoms with Crippen LogP contribution in [0.2, 0.25) is 0 Å². The van der Waals surface area contributed by atoms with Gasteiger partial charge in [0.05, 0.1) is 6.10 Å². The van der Waals surface area contributed by atoms with Crippen LogP contribution < -0.4 is 0 Å². The number of carbonyl (C=O) groups excluding carboxylic acids is 1. The third-order valence-corrected chi connectivity index (χ3v) is 11.2. The molecule has 0 amide bonds. The van der Waals surface area contributed by atoms with Gasteiger partial charge in [-0.3, -0.25) is 10.1 Å². The second-order valence-corrected chi connectivity index (χ2v) is 12.7. The molecule has 0 bridgehead atoms. The van der Waals surface area contributed by atoms with Gasteiger partial charge in [0, 0.05) is 0 Å². The third-order valence-electron chi connectivity index (χ3n) is 11.2. The lowest BCUT2D eigenvalue weighted by Crippen LogP contribution is -2.51. The molecule has 4 rings (SSSR count). The molecular formula is C28H46O4. The van der Waals surface area contributed by atoms with Crippen LogP contribution in [0.25, 0.3) is 0 Å². The number of aldehydes is 1. The first-order valence-corrected chi connectivity index (χ1v) is 13.3. The fourth-order valence-corrected chi connectivity index (χ4v) is 8.93. The second-order valence-electron chi connectivity index (χ2n) is 12.7. The summed E-state index contributed by atoms with van der Waals surface area (Å²) in [6.07, 6.45) is 14.1. The van der Waals surface area contributed by atoms with Crippen LogP contribution in [0.5, 0.6) is 0 Å². The number of hydrogen-bond donors (Lipinski definition) is 2. The SMILES string of the molecule is CC(C)[C@](C=O)(CC[C@H](C)[C@H]1CC[C@@H]2[C@H]3CC=C4C[C@@H](O)CC[C@@]4(C)[C@@H]3CC[C@]21C)OO. The van der Waals surface area contributed by atoms with Crippen molar-refractivity contribution in [3.05, 3.63) is 11.6 Å². The predicted octanol–water partition coefficient (Wildman–Crippen LogP) is 6.43. The van der Waals surface area contributed by atoms with E-state index in [4.69, 9.17) is 4.89 Å². The summed E-state index contributed by atoms with van der Waals surface area (Å²) in [7, 11) is 0. The second kappa shape index (κ2) is 8.82. The van der Waals surface area contributed by atoms with E-state index in [9.17, 15) is 15.2 Å². The molecule has 182 valence electrons. The van der Waals surface area contributed by atoms with Crippen LogP contribution in [0, 0.1) is 46.3 Å². The largest absolute Gasteiger partial charge is 0.393 e. The molecule has 4 heteroatoms. The predicted molar refractivity (Wildman–Crippen MR) is 127 cm³/mol. The number of fused-ring (bicyclic) bond motifs is 5.